The van der Waals surface area contributed by atoms with E-state index in [0.717, 1.165) is 5.56 Å². The number of carbonyl (C=O) groups excluding carboxylic acids is 1. The first-order valence-electron chi connectivity index (χ1n) is 7.15. The molecular weight excluding hydrogens is 306 g/mol. The summed E-state index contributed by atoms with van der Waals surface area (Å²) in [5.74, 6) is -0.564. The van der Waals surface area contributed by atoms with Crippen LogP contribution in [0.4, 0.5) is 11.4 Å². The highest BCUT2D eigenvalue weighted by Crippen LogP contribution is 2.21. The van der Waals surface area contributed by atoms with Gasteiger partial charge in [0, 0.05) is 17.3 Å². The van der Waals surface area contributed by atoms with Crippen LogP contribution in [0.3, 0.4) is 0 Å². The first-order chi connectivity index (χ1) is 11.4. The minimum absolute atomic E-state index is 0.0554. The standard InChI is InChI=1S/C18H15N3O3/c1-12-4-3-5-16(8-12)20-18(22)15(11-19)9-14-7-6-13(2)17(10-14)21(23)24/h3-10H,1-2H3,(H,20,22)/b15-9+. The summed E-state index contributed by atoms with van der Waals surface area (Å²) >= 11 is 0. The lowest BCUT2D eigenvalue weighted by atomic mass is 10.1. The van der Waals surface area contributed by atoms with Gasteiger partial charge in [0.05, 0.1) is 4.92 Å². The maximum absolute atomic E-state index is 12.2. The van der Waals surface area contributed by atoms with Gasteiger partial charge in [-0.2, -0.15) is 5.26 Å². The molecule has 0 aliphatic carbocycles. The number of nitrogens with one attached hydrogen (secondary N) is 1. The lowest BCUT2D eigenvalue weighted by Crippen LogP contribution is -2.13. The minimum Gasteiger partial charge on any atom is -0.321 e. The van der Waals surface area contributed by atoms with Gasteiger partial charge in [-0.1, -0.05) is 24.3 Å². The summed E-state index contributed by atoms with van der Waals surface area (Å²) in [5.41, 5.74) is 2.30. The smallest absolute Gasteiger partial charge is 0.272 e. The van der Waals surface area contributed by atoms with Gasteiger partial charge in [0.15, 0.2) is 0 Å². The third-order valence-electron chi connectivity index (χ3n) is 3.38. The number of rotatable bonds is 4. The Balaban J connectivity index is 2.29. The highest BCUT2D eigenvalue weighted by atomic mass is 16.6. The molecule has 1 N–H and O–H groups in total. The molecular formula is C18H15N3O3. The first kappa shape index (κ1) is 16.9. The van der Waals surface area contributed by atoms with E-state index in [1.54, 1.807) is 37.3 Å². The van der Waals surface area contributed by atoms with E-state index in [2.05, 4.69) is 5.32 Å². The van der Waals surface area contributed by atoms with Gasteiger partial charge in [-0.3, -0.25) is 14.9 Å². The molecule has 2 rings (SSSR count). The van der Waals surface area contributed by atoms with Gasteiger partial charge < -0.3 is 5.32 Å². The molecule has 0 saturated carbocycles. The molecule has 2 aromatic rings. The number of benzene rings is 2. The molecule has 0 radical (unpaired) electrons. The van der Waals surface area contributed by atoms with Gasteiger partial charge in [0.2, 0.25) is 0 Å². The molecule has 2 aromatic carbocycles. The molecule has 0 fully saturated rings. The second-order valence-corrected chi connectivity index (χ2v) is 5.30. The number of anilines is 1. The van der Waals surface area contributed by atoms with E-state index in [0.29, 0.717) is 16.8 Å². The Bertz CT molecular complexity index is 879. The topological polar surface area (TPSA) is 96.0 Å². The number of nitro groups is 1. The molecule has 0 unspecified atom stereocenters. The normalized spacial score (nSPS) is 10.8. The lowest BCUT2D eigenvalue weighted by Gasteiger charge is -2.05. The third-order valence-corrected chi connectivity index (χ3v) is 3.38. The highest BCUT2D eigenvalue weighted by molar-refractivity contribution is 6.09. The number of nitrogens with zero attached hydrogens (tertiary/aromatic N) is 2. The van der Waals surface area contributed by atoms with Crippen molar-refractivity contribution in [3.8, 4) is 6.07 Å². The van der Waals surface area contributed by atoms with Gasteiger partial charge >= 0.3 is 0 Å². The Kier molecular flexibility index (Phi) is 5.07. The highest BCUT2D eigenvalue weighted by Gasteiger charge is 2.13. The van der Waals surface area contributed by atoms with Crippen molar-refractivity contribution in [1.82, 2.24) is 0 Å². The van der Waals surface area contributed by atoms with E-state index in [-0.39, 0.29) is 11.3 Å². The van der Waals surface area contributed by atoms with E-state index in [4.69, 9.17) is 0 Å². The number of aryl methyl sites for hydroxylation is 2. The fourth-order valence-electron chi connectivity index (χ4n) is 2.15. The van der Waals surface area contributed by atoms with Crippen LogP contribution in [0.1, 0.15) is 16.7 Å². The van der Waals surface area contributed by atoms with Crippen molar-refractivity contribution in [2.24, 2.45) is 0 Å². The molecule has 0 bridgehead atoms. The molecule has 0 aromatic heterocycles. The van der Waals surface area contributed by atoms with E-state index < -0.39 is 10.8 Å². The van der Waals surface area contributed by atoms with E-state index in [1.807, 2.05) is 19.1 Å². The molecule has 0 aliphatic heterocycles. The third kappa shape index (κ3) is 4.05. The van der Waals surface area contributed by atoms with Crippen molar-refractivity contribution in [2.75, 3.05) is 5.32 Å². The molecule has 6 nitrogen and oxygen atoms in total. The van der Waals surface area contributed by atoms with Crippen LogP contribution >= 0.6 is 0 Å². The van der Waals surface area contributed by atoms with Crippen LogP contribution in [0.15, 0.2) is 48.0 Å². The molecule has 1 amide bonds. The zero-order valence-electron chi connectivity index (χ0n) is 13.2. The molecule has 0 saturated heterocycles. The average molecular weight is 321 g/mol. The second kappa shape index (κ2) is 7.20. The zero-order chi connectivity index (χ0) is 17.7. The summed E-state index contributed by atoms with van der Waals surface area (Å²) in [6.07, 6.45) is 1.33. The molecule has 0 atom stereocenters. The number of hydrogen-bond acceptors (Lipinski definition) is 4. The Morgan fingerprint density at radius 3 is 2.62 bits per heavy atom. The van der Waals surface area contributed by atoms with Gasteiger partial charge in [-0.05, 0) is 43.2 Å². The lowest BCUT2D eigenvalue weighted by molar-refractivity contribution is -0.385. The number of nitriles is 1. The molecule has 24 heavy (non-hydrogen) atoms. The van der Waals surface area contributed by atoms with Gasteiger partial charge in [-0.15, -0.1) is 0 Å². The van der Waals surface area contributed by atoms with Crippen LogP contribution < -0.4 is 5.32 Å². The van der Waals surface area contributed by atoms with Gasteiger partial charge in [-0.25, -0.2) is 0 Å². The maximum Gasteiger partial charge on any atom is 0.272 e. The van der Waals surface area contributed by atoms with Crippen molar-refractivity contribution in [2.45, 2.75) is 13.8 Å². The number of nitro benzene ring substituents is 1. The van der Waals surface area contributed by atoms with E-state index >= 15 is 0 Å². The van der Waals surface area contributed by atoms with Crippen molar-refractivity contribution in [1.29, 1.82) is 5.26 Å². The SMILES string of the molecule is Cc1cccc(NC(=O)/C(C#N)=C/c2ccc(C)c([N+](=O)[O-])c2)c1. The van der Waals surface area contributed by atoms with E-state index in [1.165, 1.54) is 12.1 Å². The van der Waals surface area contributed by atoms with Crippen LogP contribution in [-0.4, -0.2) is 10.8 Å². The molecule has 120 valence electrons. The number of amides is 1. The fourth-order valence-corrected chi connectivity index (χ4v) is 2.15. The quantitative estimate of drug-likeness (QED) is 0.401. The van der Waals surface area contributed by atoms with Gasteiger partial charge in [0.1, 0.15) is 11.6 Å². The molecule has 6 heteroatoms. The van der Waals surface area contributed by atoms with Gasteiger partial charge in [0.25, 0.3) is 11.6 Å². The largest absolute Gasteiger partial charge is 0.321 e. The van der Waals surface area contributed by atoms with Crippen LogP contribution in [0.25, 0.3) is 6.08 Å². The van der Waals surface area contributed by atoms with Crippen molar-refractivity contribution < 1.29 is 9.72 Å². The first-order valence-corrected chi connectivity index (χ1v) is 7.15. The minimum atomic E-state index is -0.564. The second-order valence-electron chi connectivity index (χ2n) is 5.30. The molecule has 0 spiro atoms. The summed E-state index contributed by atoms with van der Waals surface area (Å²) in [5, 5.41) is 22.8. The molecule has 0 heterocycles. The van der Waals surface area contributed by atoms with Crippen LogP contribution in [-0.2, 0) is 4.79 Å². The number of hydrogen-bond donors (Lipinski definition) is 1. The summed E-state index contributed by atoms with van der Waals surface area (Å²) in [6, 6.07) is 13.6. The Labute approximate surface area is 139 Å². The Morgan fingerprint density at radius 1 is 1.25 bits per heavy atom. The predicted molar refractivity (Wildman–Crippen MR) is 91.2 cm³/mol. The molecule has 0 aliphatic rings. The van der Waals surface area contributed by atoms with E-state index in [9.17, 15) is 20.2 Å². The summed E-state index contributed by atoms with van der Waals surface area (Å²) < 4.78 is 0. The summed E-state index contributed by atoms with van der Waals surface area (Å²) in [7, 11) is 0. The average Bonchev–Trinajstić information content (AvgIpc) is 2.53. The predicted octanol–water partition coefficient (Wildman–Crippen LogP) is 3.76. The Hall–Kier alpha value is -3.46. The number of carbonyl (C=O) groups is 1. The van der Waals surface area contributed by atoms with Crippen LogP contribution in [0.5, 0.6) is 0 Å². The monoisotopic (exact) mass is 321 g/mol. The summed E-state index contributed by atoms with van der Waals surface area (Å²) in [4.78, 5) is 22.7. The fraction of sp³-hybridized carbons (Fsp3) is 0.111. The zero-order valence-corrected chi connectivity index (χ0v) is 13.2. The summed E-state index contributed by atoms with van der Waals surface area (Å²) in [6.45, 7) is 3.52. The Morgan fingerprint density at radius 2 is 2.00 bits per heavy atom. The van der Waals surface area contributed by atoms with Crippen molar-refractivity contribution in [3.63, 3.8) is 0 Å². The maximum atomic E-state index is 12.2. The van der Waals surface area contributed by atoms with Crippen molar-refractivity contribution in [3.05, 3.63) is 74.8 Å². The van der Waals surface area contributed by atoms with Crippen LogP contribution in [0, 0.1) is 35.3 Å². The van der Waals surface area contributed by atoms with Crippen LogP contribution in [0.2, 0.25) is 0 Å². The van der Waals surface area contributed by atoms with Crippen molar-refractivity contribution >= 4 is 23.4 Å².